The number of esters is 1. The van der Waals surface area contributed by atoms with Crippen molar-refractivity contribution in [2.75, 3.05) is 11.5 Å². The SMILES string of the molecule is Cc1c(C(=O)OCC(=O)N2c3ccc(S(N)(=O)=O)cc3CC2C)cnn1-c1ccccn1. The first-order valence-electron chi connectivity index (χ1n) is 9.77. The molecule has 166 valence electrons. The number of aromatic nitrogens is 3. The first-order chi connectivity index (χ1) is 15.2. The van der Waals surface area contributed by atoms with Gasteiger partial charge < -0.3 is 9.64 Å². The molecule has 0 saturated carbocycles. The summed E-state index contributed by atoms with van der Waals surface area (Å²) < 4.78 is 29.9. The summed E-state index contributed by atoms with van der Waals surface area (Å²) in [4.78, 5) is 31.1. The Balaban J connectivity index is 1.47. The average Bonchev–Trinajstić information content (AvgIpc) is 3.30. The maximum Gasteiger partial charge on any atom is 0.342 e. The number of rotatable bonds is 5. The van der Waals surface area contributed by atoms with Crippen molar-refractivity contribution in [1.82, 2.24) is 14.8 Å². The van der Waals surface area contributed by atoms with E-state index in [0.29, 0.717) is 29.2 Å². The number of nitrogens with zero attached hydrogens (tertiary/aromatic N) is 4. The van der Waals surface area contributed by atoms with Gasteiger partial charge in [0.25, 0.3) is 5.91 Å². The Morgan fingerprint density at radius 1 is 1.25 bits per heavy atom. The molecule has 32 heavy (non-hydrogen) atoms. The van der Waals surface area contributed by atoms with Crippen LogP contribution in [0.15, 0.2) is 53.7 Å². The average molecular weight is 455 g/mol. The van der Waals surface area contributed by atoms with Gasteiger partial charge >= 0.3 is 5.97 Å². The largest absolute Gasteiger partial charge is 0.452 e. The topological polar surface area (TPSA) is 137 Å². The van der Waals surface area contributed by atoms with Gasteiger partial charge in [-0.1, -0.05) is 6.07 Å². The Hall–Kier alpha value is -3.57. The normalized spacial score (nSPS) is 15.5. The summed E-state index contributed by atoms with van der Waals surface area (Å²) in [5.74, 6) is -0.529. The molecular weight excluding hydrogens is 434 g/mol. The van der Waals surface area contributed by atoms with Gasteiger partial charge in [-0.15, -0.1) is 0 Å². The van der Waals surface area contributed by atoms with Gasteiger partial charge in [-0.2, -0.15) is 5.10 Å². The maximum absolute atomic E-state index is 12.8. The lowest BCUT2D eigenvalue weighted by atomic mass is 10.1. The summed E-state index contributed by atoms with van der Waals surface area (Å²) >= 11 is 0. The molecule has 0 radical (unpaired) electrons. The molecule has 0 bridgehead atoms. The van der Waals surface area contributed by atoms with Crippen LogP contribution in [0.2, 0.25) is 0 Å². The highest BCUT2D eigenvalue weighted by molar-refractivity contribution is 7.89. The van der Waals surface area contributed by atoms with E-state index in [0.717, 1.165) is 0 Å². The van der Waals surface area contributed by atoms with E-state index >= 15 is 0 Å². The second-order valence-electron chi connectivity index (χ2n) is 7.47. The number of anilines is 1. The van der Waals surface area contributed by atoms with Gasteiger partial charge in [-0.05, 0) is 56.2 Å². The summed E-state index contributed by atoms with van der Waals surface area (Å²) in [6, 6.07) is 9.48. The molecule has 3 aromatic rings. The number of ether oxygens (including phenoxy) is 1. The van der Waals surface area contributed by atoms with Gasteiger partial charge in [0.1, 0.15) is 5.56 Å². The second-order valence-corrected chi connectivity index (χ2v) is 9.03. The van der Waals surface area contributed by atoms with Crippen molar-refractivity contribution in [2.24, 2.45) is 5.14 Å². The molecule has 0 saturated heterocycles. The highest BCUT2D eigenvalue weighted by Gasteiger charge is 2.32. The summed E-state index contributed by atoms with van der Waals surface area (Å²) in [7, 11) is -3.84. The molecule has 1 aliphatic heterocycles. The lowest BCUT2D eigenvalue weighted by molar-refractivity contribution is -0.122. The van der Waals surface area contributed by atoms with Gasteiger partial charge in [0.15, 0.2) is 12.4 Å². The van der Waals surface area contributed by atoms with E-state index in [9.17, 15) is 18.0 Å². The zero-order valence-electron chi connectivity index (χ0n) is 17.4. The Labute approximate surface area is 184 Å². The number of pyridine rings is 1. The van der Waals surface area contributed by atoms with Gasteiger partial charge in [0.2, 0.25) is 10.0 Å². The number of amides is 1. The fourth-order valence-electron chi connectivity index (χ4n) is 3.76. The number of nitrogens with two attached hydrogens (primary N) is 1. The lowest BCUT2D eigenvalue weighted by Gasteiger charge is -2.22. The summed E-state index contributed by atoms with van der Waals surface area (Å²) in [5, 5.41) is 9.37. The summed E-state index contributed by atoms with van der Waals surface area (Å²) in [6.45, 7) is 3.08. The third kappa shape index (κ3) is 3.99. The van der Waals surface area contributed by atoms with Crippen LogP contribution in [0.25, 0.3) is 5.82 Å². The van der Waals surface area contributed by atoms with Gasteiger partial charge in [0, 0.05) is 17.9 Å². The van der Waals surface area contributed by atoms with Crippen molar-refractivity contribution in [2.45, 2.75) is 31.2 Å². The van der Waals surface area contributed by atoms with E-state index < -0.39 is 28.5 Å². The molecule has 4 rings (SSSR count). The minimum Gasteiger partial charge on any atom is -0.452 e. The van der Waals surface area contributed by atoms with E-state index in [-0.39, 0.29) is 16.5 Å². The number of carbonyl (C=O) groups excluding carboxylic acids is 2. The number of carbonyl (C=O) groups is 2. The van der Waals surface area contributed by atoms with E-state index in [1.54, 1.807) is 37.4 Å². The quantitative estimate of drug-likeness (QED) is 0.573. The van der Waals surface area contributed by atoms with Crippen LogP contribution in [-0.4, -0.2) is 47.7 Å². The lowest BCUT2D eigenvalue weighted by Crippen LogP contribution is -2.38. The number of primary sulfonamides is 1. The van der Waals surface area contributed by atoms with Crippen molar-refractivity contribution >= 4 is 27.6 Å². The fourth-order valence-corrected chi connectivity index (χ4v) is 4.32. The van der Waals surface area contributed by atoms with Crippen molar-refractivity contribution in [3.63, 3.8) is 0 Å². The number of hydrogen-bond donors (Lipinski definition) is 1. The third-order valence-corrected chi connectivity index (χ3v) is 6.20. The number of fused-ring (bicyclic) bond motifs is 1. The third-order valence-electron chi connectivity index (χ3n) is 5.29. The monoisotopic (exact) mass is 455 g/mol. The Morgan fingerprint density at radius 3 is 2.72 bits per heavy atom. The molecule has 2 aromatic heterocycles. The first kappa shape index (κ1) is 21.7. The second kappa shape index (κ2) is 8.17. The molecule has 1 unspecified atom stereocenters. The van der Waals surface area contributed by atoms with Gasteiger partial charge in [-0.25, -0.2) is 28.0 Å². The molecule has 0 spiro atoms. The summed E-state index contributed by atoms with van der Waals surface area (Å²) in [6.07, 6.45) is 3.46. The van der Waals surface area contributed by atoms with Crippen LogP contribution < -0.4 is 10.0 Å². The highest BCUT2D eigenvalue weighted by atomic mass is 32.2. The minimum atomic E-state index is -3.84. The maximum atomic E-state index is 12.8. The zero-order valence-corrected chi connectivity index (χ0v) is 18.2. The number of hydrogen-bond acceptors (Lipinski definition) is 7. The van der Waals surface area contributed by atoms with Gasteiger partial charge in [0.05, 0.1) is 16.8 Å². The molecule has 1 atom stereocenters. The highest BCUT2D eigenvalue weighted by Crippen LogP contribution is 2.33. The molecular formula is C21H21N5O5S. The van der Waals surface area contributed by atoms with Crippen molar-refractivity contribution < 1.29 is 22.7 Å². The number of sulfonamides is 1. The van der Waals surface area contributed by atoms with E-state index in [1.807, 2.05) is 6.92 Å². The molecule has 1 amide bonds. The van der Waals surface area contributed by atoms with Crippen molar-refractivity contribution in [3.05, 3.63) is 65.6 Å². The summed E-state index contributed by atoms with van der Waals surface area (Å²) in [5.41, 5.74) is 2.04. The van der Waals surface area contributed by atoms with Crippen LogP contribution in [0.4, 0.5) is 5.69 Å². The molecule has 1 aliphatic rings. The predicted octanol–water partition coefficient (Wildman–Crippen LogP) is 1.36. The fraction of sp³-hybridized carbons (Fsp3) is 0.238. The van der Waals surface area contributed by atoms with Gasteiger partial charge in [-0.3, -0.25) is 4.79 Å². The Bertz CT molecular complexity index is 1300. The molecule has 10 nitrogen and oxygen atoms in total. The molecule has 2 N–H and O–H groups in total. The van der Waals surface area contributed by atoms with Crippen LogP contribution in [0, 0.1) is 6.92 Å². The van der Waals surface area contributed by atoms with Crippen molar-refractivity contribution in [1.29, 1.82) is 0 Å². The standard InChI is InChI=1S/C21H21N5O5S/c1-13-9-15-10-16(32(22,29)30)6-7-18(15)25(13)20(27)12-31-21(28)17-11-24-26(14(17)2)19-5-3-4-8-23-19/h3-8,10-11,13H,9,12H2,1-2H3,(H2,22,29,30). The van der Waals surface area contributed by atoms with Crippen LogP contribution in [0.3, 0.4) is 0 Å². The molecule has 3 heterocycles. The minimum absolute atomic E-state index is 0.00966. The first-order valence-corrected chi connectivity index (χ1v) is 11.3. The van der Waals surface area contributed by atoms with Crippen LogP contribution in [0.5, 0.6) is 0 Å². The zero-order chi connectivity index (χ0) is 23.0. The number of benzene rings is 1. The Kier molecular flexibility index (Phi) is 5.53. The predicted molar refractivity (Wildman–Crippen MR) is 115 cm³/mol. The molecule has 0 aliphatic carbocycles. The molecule has 1 aromatic carbocycles. The smallest absolute Gasteiger partial charge is 0.342 e. The molecule has 0 fully saturated rings. The van der Waals surface area contributed by atoms with E-state index in [1.165, 1.54) is 27.9 Å². The molecule has 11 heteroatoms. The van der Waals surface area contributed by atoms with E-state index in [2.05, 4.69) is 10.1 Å². The van der Waals surface area contributed by atoms with Crippen LogP contribution in [-0.2, 0) is 26.0 Å². The Morgan fingerprint density at radius 2 is 2.03 bits per heavy atom. The van der Waals surface area contributed by atoms with Crippen LogP contribution >= 0.6 is 0 Å². The van der Waals surface area contributed by atoms with Crippen molar-refractivity contribution in [3.8, 4) is 5.82 Å². The van der Waals surface area contributed by atoms with E-state index in [4.69, 9.17) is 9.88 Å². The van der Waals surface area contributed by atoms with Crippen LogP contribution in [0.1, 0.15) is 28.5 Å².